The number of nitrogens with zero attached hydrogens (tertiary/aromatic N) is 2. The van der Waals surface area contributed by atoms with Crippen molar-refractivity contribution < 1.29 is 23.8 Å². The smallest absolute Gasteiger partial charge is 0.300 e. The Morgan fingerprint density at radius 2 is 1.65 bits per heavy atom. The van der Waals surface area contributed by atoms with E-state index in [1.807, 2.05) is 24.3 Å². The molecule has 1 aromatic heterocycles. The summed E-state index contributed by atoms with van der Waals surface area (Å²) >= 11 is 12.5. The van der Waals surface area contributed by atoms with Crippen molar-refractivity contribution >= 4 is 52.0 Å². The zero-order chi connectivity index (χ0) is 26.3. The highest BCUT2D eigenvalue weighted by atomic mass is 35.5. The predicted octanol–water partition coefficient (Wildman–Crippen LogP) is 6.46. The van der Waals surface area contributed by atoms with Crippen LogP contribution in [0.1, 0.15) is 37.1 Å². The number of carbonyl (C=O) groups is 2. The average molecular weight is 541 g/mol. The van der Waals surface area contributed by atoms with E-state index in [1.54, 1.807) is 12.1 Å². The van der Waals surface area contributed by atoms with Gasteiger partial charge in [0.15, 0.2) is 5.75 Å². The van der Waals surface area contributed by atoms with E-state index < -0.39 is 23.5 Å². The van der Waals surface area contributed by atoms with Gasteiger partial charge < -0.3 is 19.2 Å². The van der Waals surface area contributed by atoms with E-state index in [4.69, 9.17) is 32.4 Å². The van der Waals surface area contributed by atoms with Gasteiger partial charge in [-0.05, 0) is 67.3 Å². The second kappa shape index (κ2) is 10.1. The molecule has 1 amide bonds. The summed E-state index contributed by atoms with van der Waals surface area (Å²) in [5.41, 5.74) is 1.64. The summed E-state index contributed by atoms with van der Waals surface area (Å²) in [6.07, 6.45) is 3.72. The molecule has 192 valence electrons. The van der Waals surface area contributed by atoms with Crippen LogP contribution in [0.3, 0.4) is 0 Å². The number of aliphatic hydroxyl groups is 1. The molecule has 5 rings (SSSR count). The van der Waals surface area contributed by atoms with E-state index in [2.05, 4.69) is 11.8 Å². The largest absolute Gasteiger partial charge is 0.507 e. The number of hydrogen-bond acceptors (Lipinski definition) is 6. The minimum absolute atomic E-state index is 0.119. The van der Waals surface area contributed by atoms with Crippen molar-refractivity contribution in [3.63, 3.8) is 0 Å². The molecule has 1 unspecified atom stereocenters. The number of anilines is 2. The van der Waals surface area contributed by atoms with Crippen LogP contribution in [-0.4, -0.2) is 37.0 Å². The Hall–Kier alpha value is -3.42. The third-order valence-corrected chi connectivity index (χ3v) is 7.57. The van der Waals surface area contributed by atoms with Crippen LogP contribution >= 0.6 is 23.2 Å². The maximum absolute atomic E-state index is 13.3. The summed E-state index contributed by atoms with van der Waals surface area (Å²) in [6, 6.07) is 12.7. The molecule has 3 heterocycles. The van der Waals surface area contributed by atoms with Crippen LogP contribution in [-0.2, 0) is 9.59 Å². The summed E-state index contributed by atoms with van der Waals surface area (Å²) in [5, 5.41) is 11.6. The summed E-state index contributed by atoms with van der Waals surface area (Å²) in [4.78, 5) is 30.3. The van der Waals surface area contributed by atoms with Crippen molar-refractivity contribution in [1.29, 1.82) is 0 Å². The summed E-state index contributed by atoms with van der Waals surface area (Å²) in [6.45, 7) is 4.22. The number of benzene rings is 2. The van der Waals surface area contributed by atoms with Gasteiger partial charge in [0.1, 0.15) is 17.6 Å². The molecule has 37 heavy (non-hydrogen) atoms. The third-order valence-electron chi connectivity index (χ3n) is 7.01. The SMILES string of the molecule is COc1c(Cl)cc(/C(O)=C2/C(=O)C(=O)N(c3ccc(N4CCC(C)CC4)cc3)C2c2ccco2)cc1Cl. The Morgan fingerprint density at radius 3 is 2.22 bits per heavy atom. The molecule has 2 fully saturated rings. The number of ketones is 1. The number of piperidine rings is 1. The lowest BCUT2D eigenvalue weighted by atomic mass is 9.98. The van der Waals surface area contributed by atoms with Crippen molar-refractivity contribution in [3.05, 3.63) is 81.7 Å². The van der Waals surface area contributed by atoms with Crippen LogP contribution in [0.25, 0.3) is 5.76 Å². The highest BCUT2D eigenvalue weighted by molar-refractivity contribution is 6.51. The van der Waals surface area contributed by atoms with Gasteiger partial charge in [-0.25, -0.2) is 0 Å². The standard InChI is InChI=1S/C28H26Cl2N2O5/c1-16-9-11-31(12-10-16)18-5-7-19(8-6-18)32-24(22-4-3-13-37-22)23(26(34)28(32)35)25(33)17-14-20(29)27(36-2)21(30)15-17/h3-8,13-16,24,33H,9-12H2,1-2H3/b25-23-. The van der Waals surface area contributed by atoms with Crippen LogP contribution in [0.2, 0.25) is 10.0 Å². The first-order valence-electron chi connectivity index (χ1n) is 12.0. The Labute approximate surface area is 224 Å². The van der Waals surface area contributed by atoms with E-state index >= 15 is 0 Å². The van der Waals surface area contributed by atoms with Gasteiger partial charge in [0, 0.05) is 30.0 Å². The summed E-state index contributed by atoms with van der Waals surface area (Å²) < 4.78 is 10.8. The number of methoxy groups -OCH3 is 1. The van der Waals surface area contributed by atoms with Gasteiger partial charge in [0.25, 0.3) is 11.7 Å². The molecule has 2 aliphatic rings. The lowest BCUT2D eigenvalue weighted by Crippen LogP contribution is -2.33. The summed E-state index contributed by atoms with van der Waals surface area (Å²) in [7, 11) is 1.42. The molecular weight excluding hydrogens is 515 g/mol. The molecule has 2 aliphatic heterocycles. The van der Waals surface area contributed by atoms with Crippen molar-refractivity contribution in [3.8, 4) is 5.75 Å². The molecule has 1 N–H and O–H groups in total. The first kappa shape index (κ1) is 25.2. The Balaban J connectivity index is 1.56. The maximum atomic E-state index is 13.3. The van der Waals surface area contributed by atoms with Gasteiger partial charge in [0.05, 0.1) is 29.0 Å². The molecule has 0 spiro atoms. The van der Waals surface area contributed by atoms with E-state index in [1.165, 1.54) is 30.4 Å². The molecule has 0 saturated carbocycles. The number of rotatable bonds is 5. The van der Waals surface area contributed by atoms with Crippen LogP contribution in [0.5, 0.6) is 5.75 Å². The predicted molar refractivity (Wildman–Crippen MR) is 144 cm³/mol. The van der Waals surface area contributed by atoms with Gasteiger partial charge in [-0.1, -0.05) is 30.1 Å². The molecule has 0 bridgehead atoms. The molecular formula is C28H26Cl2N2O5. The molecule has 1 atom stereocenters. The molecule has 0 radical (unpaired) electrons. The lowest BCUT2D eigenvalue weighted by molar-refractivity contribution is -0.132. The molecule has 7 nitrogen and oxygen atoms in total. The van der Waals surface area contributed by atoms with Gasteiger partial charge in [0.2, 0.25) is 0 Å². The number of amides is 1. The van der Waals surface area contributed by atoms with Crippen LogP contribution in [0.4, 0.5) is 11.4 Å². The van der Waals surface area contributed by atoms with Crippen molar-refractivity contribution in [1.82, 2.24) is 0 Å². The summed E-state index contributed by atoms with van der Waals surface area (Å²) in [5.74, 6) is -0.727. The Bertz CT molecular complexity index is 1340. The Kier molecular flexibility index (Phi) is 6.92. The normalized spacial score (nSPS) is 20.1. The minimum Gasteiger partial charge on any atom is -0.507 e. The van der Waals surface area contributed by atoms with Gasteiger partial charge in [-0.15, -0.1) is 0 Å². The first-order valence-corrected chi connectivity index (χ1v) is 12.8. The number of halogens is 2. The fourth-order valence-corrected chi connectivity index (χ4v) is 5.59. The number of furan rings is 1. The third kappa shape index (κ3) is 4.58. The molecule has 2 saturated heterocycles. The van der Waals surface area contributed by atoms with Crippen molar-refractivity contribution in [2.45, 2.75) is 25.8 Å². The minimum atomic E-state index is -0.976. The number of hydrogen-bond donors (Lipinski definition) is 1. The van der Waals surface area contributed by atoms with Gasteiger partial charge in [-0.3, -0.25) is 14.5 Å². The highest BCUT2D eigenvalue weighted by Gasteiger charge is 2.48. The monoisotopic (exact) mass is 540 g/mol. The van der Waals surface area contributed by atoms with Crippen molar-refractivity contribution in [2.24, 2.45) is 5.92 Å². The zero-order valence-corrected chi connectivity index (χ0v) is 21.9. The maximum Gasteiger partial charge on any atom is 0.300 e. The molecule has 0 aliphatic carbocycles. The number of carbonyl (C=O) groups excluding carboxylic acids is 2. The second-order valence-corrected chi connectivity index (χ2v) is 10.2. The first-order chi connectivity index (χ1) is 17.8. The van der Waals surface area contributed by atoms with Gasteiger partial charge >= 0.3 is 0 Å². The fourth-order valence-electron chi connectivity index (χ4n) is 4.95. The molecule has 3 aromatic rings. The van der Waals surface area contributed by atoms with Crippen LogP contribution < -0.4 is 14.5 Å². The van der Waals surface area contributed by atoms with Crippen LogP contribution in [0.15, 0.2) is 64.8 Å². The molecule has 2 aromatic carbocycles. The molecule has 9 heteroatoms. The van der Waals surface area contributed by atoms with Crippen LogP contribution in [0, 0.1) is 5.92 Å². The topological polar surface area (TPSA) is 83.2 Å². The quantitative estimate of drug-likeness (QED) is 0.227. The van der Waals surface area contributed by atoms with E-state index in [9.17, 15) is 14.7 Å². The van der Waals surface area contributed by atoms with E-state index in [-0.39, 0.29) is 26.9 Å². The van der Waals surface area contributed by atoms with Crippen molar-refractivity contribution in [2.75, 3.05) is 30.0 Å². The highest BCUT2D eigenvalue weighted by Crippen LogP contribution is 2.44. The fraction of sp³-hybridized carbons (Fsp3) is 0.286. The van der Waals surface area contributed by atoms with Gasteiger partial charge in [-0.2, -0.15) is 0 Å². The van der Waals surface area contributed by atoms with E-state index in [0.29, 0.717) is 17.4 Å². The number of Topliss-reactive ketones (excluding diaryl/α,β-unsaturated/α-hetero) is 1. The second-order valence-electron chi connectivity index (χ2n) is 9.34. The lowest BCUT2D eigenvalue weighted by Gasteiger charge is -2.32. The van der Waals surface area contributed by atoms with E-state index in [0.717, 1.165) is 31.6 Å². The zero-order valence-electron chi connectivity index (χ0n) is 20.4. The number of aliphatic hydroxyl groups excluding tert-OH is 1. The number of ether oxygens (including phenoxy) is 1. The average Bonchev–Trinajstić information content (AvgIpc) is 3.51. The Morgan fingerprint density at radius 1 is 1.03 bits per heavy atom.